The van der Waals surface area contributed by atoms with Crippen molar-refractivity contribution in [3.05, 3.63) is 60.2 Å². The van der Waals surface area contributed by atoms with Gasteiger partial charge in [0.2, 0.25) is 0 Å². The second-order valence-corrected chi connectivity index (χ2v) is 8.35. The number of ether oxygens (including phenoxy) is 1. The molecule has 0 aromatic heterocycles. The minimum atomic E-state index is -3.85. The largest absolute Gasteiger partial charge is 0.587 e. The molecule has 26 heavy (non-hydrogen) atoms. The summed E-state index contributed by atoms with van der Waals surface area (Å²) in [4.78, 5) is 0. The highest BCUT2D eigenvalue weighted by molar-refractivity contribution is 7.49. The molecule has 3 atom stereocenters. The summed E-state index contributed by atoms with van der Waals surface area (Å²) in [5.41, 5.74) is 0.790. The molecule has 1 heterocycles. The van der Waals surface area contributed by atoms with Crippen molar-refractivity contribution in [1.29, 1.82) is 0 Å². The van der Waals surface area contributed by atoms with Crippen LogP contribution in [0.2, 0.25) is 0 Å². The van der Waals surface area contributed by atoms with Gasteiger partial charge in [0.05, 0.1) is 13.2 Å². The van der Waals surface area contributed by atoms with Gasteiger partial charge in [-0.05, 0) is 49.1 Å². The summed E-state index contributed by atoms with van der Waals surface area (Å²) in [7, 11) is -3.85. The zero-order chi connectivity index (χ0) is 18.6. The standard InChI is InChI=1S/C20H25O5P/c1-4-16(2)17-10-12-19(13-11-17)25-26(21,23-15-20(3)14-22-20)24-18-8-6-5-7-9-18/h5-13,16H,4,14-15H2,1-3H3. The van der Waals surface area contributed by atoms with E-state index in [1.54, 1.807) is 36.4 Å². The van der Waals surface area contributed by atoms with Gasteiger partial charge >= 0.3 is 7.82 Å². The van der Waals surface area contributed by atoms with Crippen molar-refractivity contribution in [3.8, 4) is 11.5 Å². The molecule has 6 heteroatoms. The lowest BCUT2D eigenvalue weighted by Crippen LogP contribution is -2.16. The van der Waals surface area contributed by atoms with Crippen molar-refractivity contribution in [2.24, 2.45) is 0 Å². The predicted octanol–water partition coefficient (Wildman–Crippen LogP) is 5.57. The maximum atomic E-state index is 13.2. The second kappa shape index (κ2) is 7.83. The van der Waals surface area contributed by atoms with Gasteiger partial charge in [0, 0.05) is 0 Å². The summed E-state index contributed by atoms with van der Waals surface area (Å²) in [6.07, 6.45) is 1.05. The number of rotatable bonds is 9. The van der Waals surface area contributed by atoms with Crippen molar-refractivity contribution in [3.63, 3.8) is 0 Å². The number of hydrogen-bond donors (Lipinski definition) is 0. The number of phosphoric acid groups is 1. The maximum Gasteiger partial charge on any atom is 0.587 e. The third kappa shape index (κ3) is 5.10. The molecular weight excluding hydrogens is 351 g/mol. The van der Waals surface area contributed by atoms with Crippen molar-refractivity contribution in [1.82, 2.24) is 0 Å². The molecule has 1 aliphatic heterocycles. The predicted molar refractivity (Wildman–Crippen MR) is 101 cm³/mol. The summed E-state index contributed by atoms with van der Waals surface area (Å²) in [6.45, 7) is 6.91. The van der Waals surface area contributed by atoms with E-state index in [-0.39, 0.29) is 6.61 Å². The molecule has 140 valence electrons. The Balaban J connectivity index is 1.74. The van der Waals surface area contributed by atoms with Crippen LogP contribution in [0.15, 0.2) is 54.6 Å². The minimum Gasteiger partial charge on any atom is -0.395 e. The number of para-hydroxylation sites is 1. The zero-order valence-corrected chi connectivity index (χ0v) is 16.3. The topological polar surface area (TPSA) is 57.3 Å². The Labute approximate surface area is 154 Å². The molecule has 0 radical (unpaired) electrons. The van der Waals surface area contributed by atoms with Crippen LogP contribution in [0.1, 0.15) is 38.7 Å². The zero-order valence-electron chi connectivity index (χ0n) is 15.4. The lowest BCUT2D eigenvalue weighted by atomic mass is 9.99. The maximum absolute atomic E-state index is 13.2. The van der Waals surface area contributed by atoms with E-state index in [1.807, 2.05) is 25.1 Å². The van der Waals surface area contributed by atoms with E-state index < -0.39 is 13.4 Å². The third-order valence-corrected chi connectivity index (χ3v) is 5.72. The van der Waals surface area contributed by atoms with Gasteiger partial charge in [-0.2, -0.15) is 0 Å². The Morgan fingerprint density at radius 2 is 1.65 bits per heavy atom. The molecule has 1 saturated heterocycles. The van der Waals surface area contributed by atoms with Gasteiger partial charge in [-0.25, -0.2) is 4.57 Å². The fourth-order valence-electron chi connectivity index (χ4n) is 2.33. The minimum absolute atomic E-state index is 0.141. The molecule has 3 rings (SSSR count). The van der Waals surface area contributed by atoms with Crippen LogP contribution >= 0.6 is 7.82 Å². The van der Waals surface area contributed by atoms with Crippen LogP contribution in [0.3, 0.4) is 0 Å². The highest BCUT2D eigenvalue weighted by Crippen LogP contribution is 2.51. The van der Waals surface area contributed by atoms with Gasteiger partial charge in [-0.15, -0.1) is 0 Å². The van der Waals surface area contributed by atoms with E-state index in [9.17, 15) is 4.57 Å². The molecule has 0 spiro atoms. The van der Waals surface area contributed by atoms with Gasteiger partial charge in [-0.3, -0.25) is 4.52 Å². The van der Waals surface area contributed by atoms with Crippen LogP contribution in [0.25, 0.3) is 0 Å². The Bertz CT molecular complexity index is 756. The average Bonchev–Trinajstić information content (AvgIpc) is 3.39. The molecule has 0 amide bonds. The summed E-state index contributed by atoms with van der Waals surface area (Å²) in [5, 5.41) is 0. The number of phosphoric ester groups is 1. The summed E-state index contributed by atoms with van der Waals surface area (Å²) in [5.74, 6) is 1.33. The Morgan fingerprint density at radius 3 is 2.19 bits per heavy atom. The molecule has 0 N–H and O–H groups in total. The van der Waals surface area contributed by atoms with E-state index in [4.69, 9.17) is 18.3 Å². The lowest BCUT2D eigenvalue weighted by molar-refractivity contribution is 0.156. The normalized spacial score (nSPS) is 22.3. The SMILES string of the molecule is CCC(C)c1ccc(OP(=O)(OCC2(C)CO2)Oc2ccccc2)cc1. The summed E-state index contributed by atoms with van der Waals surface area (Å²) < 4.78 is 35.3. The second-order valence-electron chi connectivity index (χ2n) is 6.83. The Morgan fingerprint density at radius 1 is 1.08 bits per heavy atom. The molecular formula is C20H25O5P. The monoisotopic (exact) mass is 376 g/mol. The van der Waals surface area contributed by atoms with E-state index >= 15 is 0 Å². The molecule has 2 aromatic carbocycles. The van der Waals surface area contributed by atoms with E-state index in [2.05, 4.69) is 13.8 Å². The van der Waals surface area contributed by atoms with Crippen molar-refractivity contribution in [2.45, 2.75) is 38.7 Å². The smallest absolute Gasteiger partial charge is 0.395 e. The van der Waals surface area contributed by atoms with Crippen LogP contribution in [0.5, 0.6) is 11.5 Å². The molecule has 0 bridgehead atoms. The van der Waals surface area contributed by atoms with Crippen molar-refractivity contribution < 1.29 is 22.9 Å². The van der Waals surface area contributed by atoms with Crippen LogP contribution in [0, 0.1) is 0 Å². The Hall–Kier alpha value is -1.81. The molecule has 0 saturated carbocycles. The Kier molecular flexibility index (Phi) is 5.71. The van der Waals surface area contributed by atoms with Gasteiger partial charge < -0.3 is 13.8 Å². The molecule has 0 aliphatic carbocycles. The van der Waals surface area contributed by atoms with Crippen molar-refractivity contribution >= 4 is 7.82 Å². The van der Waals surface area contributed by atoms with Crippen molar-refractivity contribution in [2.75, 3.05) is 13.2 Å². The number of epoxide rings is 1. The summed E-state index contributed by atoms with van der Waals surface area (Å²) in [6, 6.07) is 16.4. The van der Waals surface area contributed by atoms with Crippen LogP contribution < -0.4 is 9.05 Å². The first-order chi connectivity index (χ1) is 12.4. The van der Waals surface area contributed by atoms with E-state index in [0.29, 0.717) is 24.0 Å². The fourth-order valence-corrected chi connectivity index (χ4v) is 3.66. The van der Waals surface area contributed by atoms with Gasteiger partial charge in [0.15, 0.2) is 0 Å². The molecule has 1 aliphatic rings. The molecule has 1 fully saturated rings. The first-order valence-electron chi connectivity index (χ1n) is 8.84. The molecule has 3 unspecified atom stereocenters. The highest BCUT2D eigenvalue weighted by Gasteiger charge is 2.44. The van der Waals surface area contributed by atoms with E-state index in [0.717, 1.165) is 6.42 Å². The number of benzene rings is 2. The van der Waals surface area contributed by atoms with Crippen LogP contribution in [-0.2, 0) is 13.8 Å². The average molecular weight is 376 g/mol. The fraction of sp³-hybridized carbons (Fsp3) is 0.400. The first kappa shape index (κ1) is 19.0. The summed E-state index contributed by atoms with van der Waals surface area (Å²) >= 11 is 0. The first-order valence-corrected chi connectivity index (χ1v) is 10.3. The van der Waals surface area contributed by atoms with Crippen LogP contribution in [-0.4, -0.2) is 18.8 Å². The molecule has 2 aromatic rings. The molecule has 5 nitrogen and oxygen atoms in total. The van der Waals surface area contributed by atoms with Crippen LogP contribution in [0.4, 0.5) is 0 Å². The number of hydrogen-bond acceptors (Lipinski definition) is 5. The third-order valence-electron chi connectivity index (χ3n) is 4.40. The quantitative estimate of drug-likeness (QED) is 0.423. The van der Waals surface area contributed by atoms with E-state index in [1.165, 1.54) is 5.56 Å². The van der Waals surface area contributed by atoms with Gasteiger partial charge in [0.1, 0.15) is 17.1 Å². The highest BCUT2D eigenvalue weighted by atomic mass is 31.2. The van der Waals surface area contributed by atoms with Gasteiger partial charge in [0.25, 0.3) is 0 Å². The lowest BCUT2D eigenvalue weighted by Gasteiger charge is -2.20. The van der Waals surface area contributed by atoms with Gasteiger partial charge in [-0.1, -0.05) is 44.2 Å².